The fourth-order valence-electron chi connectivity index (χ4n) is 3.54. The molecule has 0 fully saturated rings. The van der Waals surface area contributed by atoms with Crippen LogP contribution in [0.25, 0.3) is 16.9 Å². The van der Waals surface area contributed by atoms with Crippen molar-refractivity contribution >= 4 is 27.6 Å². The van der Waals surface area contributed by atoms with E-state index in [1.54, 1.807) is 30.0 Å². The Balaban J connectivity index is 2.13. The van der Waals surface area contributed by atoms with Crippen LogP contribution < -0.4 is 0 Å². The number of para-hydroxylation sites is 1. The fraction of sp³-hybridized carbons (Fsp3) is 0.200. The quantitative estimate of drug-likeness (QED) is 0.688. The summed E-state index contributed by atoms with van der Waals surface area (Å²) in [4.78, 5) is 13.1. The largest absolute Gasteiger partial charge is 0.476 e. The van der Waals surface area contributed by atoms with Crippen LogP contribution in [0.15, 0.2) is 58.3 Å². The first kappa shape index (κ1) is 18.8. The molecule has 28 heavy (non-hydrogen) atoms. The van der Waals surface area contributed by atoms with Crippen molar-refractivity contribution in [3.63, 3.8) is 0 Å². The molecular formula is C20H18N2O4S2. The zero-order chi connectivity index (χ0) is 20.1. The van der Waals surface area contributed by atoms with Crippen molar-refractivity contribution in [2.75, 3.05) is 6.26 Å². The zero-order valence-corrected chi connectivity index (χ0v) is 16.9. The van der Waals surface area contributed by atoms with Gasteiger partial charge in [-0.2, -0.15) is 5.10 Å². The number of carboxylic acids is 1. The number of hydrogen-bond donors (Lipinski definition) is 1. The van der Waals surface area contributed by atoms with E-state index in [4.69, 9.17) is 0 Å². The summed E-state index contributed by atoms with van der Waals surface area (Å²) < 4.78 is 26.2. The van der Waals surface area contributed by atoms with E-state index in [-0.39, 0.29) is 15.8 Å². The Morgan fingerprint density at radius 2 is 1.86 bits per heavy atom. The van der Waals surface area contributed by atoms with E-state index >= 15 is 0 Å². The average molecular weight is 415 g/mol. The van der Waals surface area contributed by atoms with Gasteiger partial charge < -0.3 is 5.11 Å². The minimum absolute atomic E-state index is 0.0350. The highest BCUT2D eigenvalue weighted by molar-refractivity contribution is 7.99. The SMILES string of the molecule is CCC1Sc2ccccc2-c2c1c(C(=O)O)nn2-c1ccccc1S(C)(=O)=O. The number of benzene rings is 2. The normalized spacial score (nSPS) is 15.7. The van der Waals surface area contributed by atoms with Crippen LogP contribution in [0.1, 0.15) is 34.6 Å². The van der Waals surface area contributed by atoms with Gasteiger partial charge in [-0.3, -0.25) is 0 Å². The molecule has 0 saturated carbocycles. The summed E-state index contributed by atoms with van der Waals surface area (Å²) in [6.07, 6.45) is 1.87. The van der Waals surface area contributed by atoms with Gasteiger partial charge in [-0.1, -0.05) is 37.3 Å². The summed E-state index contributed by atoms with van der Waals surface area (Å²) in [6, 6.07) is 14.3. The number of aromatic carboxylic acids is 1. The molecule has 2 heterocycles. The van der Waals surface area contributed by atoms with Gasteiger partial charge in [0, 0.05) is 27.5 Å². The van der Waals surface area contributed by atoms with Crippen LogP contribution in [0.5, 0.6) is 0 Å². The summed E-state index contributed by atoms with van der Waals surface area (Å²) >= 11 is 1.61. The maximum atomic E-state index is 12.3. The Bertz CT molecular complexity index is 1200. The lowest BCUT2D eigenvalue weighted by Gasteiger charge is -2.25. The van der Waals surface area contributed by atoms with Crippen molar-refractivity contribution in [2.24, 2.45) is 0 Å². The van der Waals surface area contributed by atoms with Crippen molar-refractivity contribution in [3.05, 3.63) is 59.8 Å². The van der Waals surface area contributed by atoms with Crippen LogP contribution in [0.4, 0.5) is 0 Å². The molecule has 144 valence electrons. The van der Waals surface area contributed by atoms with Crippen molar-refractivity contribution in [1.82, 2.24) is 9.78 Å². The Kier molecular flexibility index (Phi) is 4.55. The smallest absolute Gasteiger partial charge is 0.356 e. The van der Waals surface area contributed by atoms with Gasteiger partial charge in [0.1, 0.15) is 0 Å². The molecule has 1 N–H and O–H groups in total. The summed E-state index contributed by atoms with van der Waals surface area (Å²) in [7, 11) is -3.53. The number of thioether (sulfide) groups is 1. The van der Waals surface area contributed by atoms with Crippen LogP contribution in [0.3, 0.4) is 0 Å². The molecule has 0 radical (unpaired) electrons. The third kappa shape index (κ3) is 2.93. The molecule has 0 saturated heterocycles. The number of rotatable bonds is 4. The van der Waals surface area contributed by atoms with E-state index in [1.807, 2.05) is 31.2 Å². The van der Waals surface area contributed by atoms with Crippen molar-refractivity contribution in [2.45, 2.75) is 28.4 Å². The molecule has 1 atom stereocenters. The molecule has 1 aliphatic heterocycles. The molecule has 8 heteroatoms. The summed E-state index contributed by atoms with van der Waals surface area (Å²) in [6.45, 7) is 2.00. The number of aromatic nitrogens is 2. The highest BCUT2D eigenvalue weighted by Crippen LogP contribution is 2.52. The van der Waals surface area contributed by atoms with E-state index in [2.05, 4.69) is 5.10 Å². The van der Waals surface area contributed by atoms with E-state index in [0.717, 1.165) is 23.1 Å². The van der Waals surface area contributed by atoms with Crippen molar-refractivity contribution in [3.8, 4) is 16.9 Å². The number of fused-ring (bicyclic) bond motifs is 3. The fourth-order valence-corrected chi connectivity index (χ4v) is 5.66. The van der Waals surface area contributed by atoms with E-state index in [9.17, 15) is 18.3 Å². The van der Waals surface area contributed by atoms with Gasteiger partial charge in [0.05, 0.1) is 16.3 Å². The molecule has 3 aromatic rings. The molecule has 2 aromatic carbocycles. The van der Waals surface area contributed by atoms with Gasteiger partial charge in [0.2, 0.25) is 0 Å². The number of carbonyl (C=O) groups is 1. The van der Waals surface area contributed by atoms with E-state index in [1.165, 1.54) is 10.7 Å². The summed E-state index contributed by atoms with van der Waals surface area (Å²) in [5.74, 6) is -1.12. The predicted molar refractivity (Wildman–Crippen MR) is 108 cm³/mol. The second kappa shape index (κ2) is 6.79. The maximum absolute atomic E-state index is 12.3. The molecule has 1 unspecified atom stereocenters. The topological polar surface area (TPSA) is 89.3 Å². The van der Waals surface area contributed by atoms with Crippen molar-refractivity contribution in [1.29, 1.82) is 0 Å². The summed E-state index contributed by atoms with van der Waals surface area (Å²) in [5, 5.41) is 14.1. The molecule has 1 aliphatic rings. The molecule has 1 aromatic heterocycles. The lowest BCUT2D eigenvalue weighted by molar-refractivity contribution is 0.0688. The third-order valence-corrected chi connectivity index (χ3v) is 7.33. The van der Waals surface area contributed by atoms with E-state index in [0.29, 0.717) is 16.9 Å². The molecule has 0 bridgehead atoms. The standard InChI is InChI=1S/C20H18N2O4S2/c1-3-14-17-18(20(23)24)21-22(13-9-5-7-11-16(13)28(2,25)26)19(17)12-8-4-6-10-15(12)27-14/h4-11,14H,3H2,1-2H3,(H,23,24). The molecule has 0 spiro atoms. The van der Waals surface area contributed by atoms with E-state index < -0.39 is 15.8 Å². The van der Waals surface area contributed by atoms with Gasteiger partial charge in [0.15, 0.2) is 15.5 Å². The molecule has 6 nitrogen and oxygen atoms in total. The van der Waals surface area contributed by atoms with Crippen LogP contribution in [-0.2, 0) is 9.84 Å². The lowest BCUT2D eigenvalue weighted by Crippen LogP contribution is -2.09. The summed E-state index contributed by atoms with van der Waals surface area (Å²) in [5.41, 5.74) is 2.46. The van der Waals surface area contributed by atoms with Gasteiger partial charge in [0.25, 0.3) is 0 Å². The minimum atomic E-state index is -3.53. The third-order valence-electron chi connectivity index (χ3n) is 4.72. The van der Waals surface area contributed by atoms with Crippen LogP contribution in [0, 0.1) is 0 Å². The first-order valence-corrected chi connectivity index (χ1v) is 11.5. The van der Waals surface area contributed by atoms with Crippen LogP contribution in [-0.4, -0.2) is 35.5 Å². The first-order valence-electron chi connectivity index (χ1n) is 8.74. The monoisotopic (exact) mass is 414 g/mol. The molecule has 0 amide bonds. The molecular weight excluding hydrogens is 396 g/mol. The predicted octanol–water partition coefficient (Wildman–Crippen LogP) is 4.20. The Morgan fingerprint density at radius 3 is 2.54 bits per heavy atom. The maximum Gasteiger partial charge on any atom is 0.356 e. The van der Waals surface area contributed by atoms with Crippen molar-refractivity contribution < 1.29 is 18.3 Å². The van der Waals surface area contributed by atoms with Crippen LogP contribution >= 0.6 is 11.8 Å². The highest BCUT2D eigenvalue weighted by Gasteiger charge is 2.35. The Morgan fingerprint density at radius 1 is 1.18 bits per heavy atom. The lowest BCUT2D eigenvalue weighted by atomic mass is 10.00. The van der Waals surface area contributed by atoms with Gasteiger partial charge in [-0.05, 0) is 24.6 Å². The second-order valence-corrected chi connectivity index (χ2v) is 9.81. The average Bonchev–Trinajstić information content (AvgIpc) is 3.08. The number of carboxylic acid groups (broad SMARTS) is 1. The molecule has 0 aliphatic carbocycles. The van der Waals surface area contributed by atoms with Crippen LogP contribution in [0.2, 0.25) is 0 Å². The Labute approximate surface area is 167 Å². The number of hydrogen-bond acceptors (Lipinski definition) is 5. The van der Waals surface area contributed by atoms with Gasteiger partial charge in [-0.25, -0.2) is 17.9 Å². The number of nitrogens with zero attached hydrogens (tertiary/aromatic N) is 2. The Hall–Kier alpha value is -2.58. The second-order valence-electron chi connectivity index (χ2n) is 6.58. The zero-order valence-electron chi connectivity index (χ0n) is 15.3. The minimum Gasteiger partial charge on any atom is -0.476 e. The van der Waals surface area contributed by atoms with Gasteiger partial charge in [-0.15, -0.1) is 11.8 Å². The number of sulfone groups is 1. The first-order chi connectivity index (χ1) is 13.3. The molecule has 4 rings (SSSR count). The van der Waals surface area contributed by atoms with Gasteiger partial charge >= 0.3 is 5.97 Å². The highest BCUT2D eigenvalue weighted by atomic mass is 32.2.